The van der Waals surface area contributed by atoms with Crippen LogP contribution in [0, 0.1) is 5.92 Å². The van der Waals surface area contributed by atoms with E-state index >= 15 is 0 Å². The lowest BCUT2D eigenvalue weighted by Gasteiger charge is -2.18. The van der Waals surface area contributed by atoms with Crippen LogP contribution in [0.5, 0.6) is 0 Å². The van der Waals surface area contributed by atoms with Crippen LogP contribution in [-0.2, 0) is 6.42 Å². The van der Waals surface area contributed by atoms with Gasteiger partial charge in [-0.2, -0.15) is 0 Å². The van der Waals surface area contributed by atoms with Crippen LogP contribution in [0.2, 0.25) is 0 Å². The first-order chi connectivity index (χ1) is 7.00. The van der Waals surface area contributed by atoms with Crippen LogP contribution >= 0.6 is 11.6 Å². The summed E-state index contributed by atoms with van der Waals surface area (Å²) in [7, 11) is 3.97. The molecule has 0 spiro atoms. The van der Waals surface area contributed by atoms with E-state index < -0.39 is 0 Å². The lowest BCUT2D eigenvalue weighted by Crippen LogP contribution is -2.14. The van der Waals surface area contributed by atoms with Crippen molar-refractivity contribution >= 4 is 11.6 Å². The summed E-state index contributed by atoms with van der Waals surface area (Å²) in [6.45, 7) is 4.47. The Balaban J connectivity index is 2.72. The Morgan fingerprint density at radius 3 is 2.07 bits per heavy atom. The monoisotopic (exact) mass is 225 g/mol. The van der Waals surface area contributed by atoms with Crippen molar-refractivity contribution < 1.29 is 0 Å². The van der Waals surface area contributed by atoms with Gasteiger partial charge in [0, 0.05) is 0 Å². The minimum atomic E-state index is -0.0295. The molecular weight excluding hydrogens is 206 g/mol. The lowest BCUT2D eigenvalue weighted by atomic mass is 10.0. The van der Waals surface area contributed by atoms with Gasteiger partial charge in [-0.1, -0.05) is 38.1 Å². The highest BCUT2D eigenvalue weighted by atomic mass is 35.5. The van der Waals surface area contributed by atoms with Crippen molar-refractivity contribution in [2.45, 2.75) is 25.8 Å². The summed E-state index contributed by atoms with van der Waals surface area (Å²) in [5.41, 5.74) is 2.52. The number of alkyl halides is 1. The minimum absolute atomic E-state index is 0.0295. The molecule has 15 heavy (non-hydrogen) atoms. The Morgan fingerprint density at radius 1 is 1.13 bits per heavy atom. The first-order valence-electron chi connectivity index (χ1n) is 5.40. The number of halogens is 1. The summed E-state index contributed by atoms with van der Waals surface area (Å²) in [6.07, 6.45) is 1.13. The predicted molar refractivity (Wildman–Crippen MR) is 67.3 cm³/mol. The van der Waals surface area contributed by atoms with E-state index in [1.54, 1.807) is 0 Å². The number of hydrogen-bond acceptors (Lipinski definition) is 1. The van der Waals surface area contributed by atoms with E-state index in [1.807, 2.05) is 19.0 Å². The second-order valence-corrected chi connectivity index (χ2v) is 5.05. The maximum Gasteiger partial charge on any atom is 0.110 e. The van der Waals surface area contributed by atoms with E-state index in [9.17, 15) is 0 Å². The van der Waals surface area contributed by atoms with Crippen molar-refractivity contribution in [2.75, 3.05) is 14.1 Å². The second kappa shape index (κ2) is 5.53. The molecule has 1 aromatic carbocycles. The maximum absolute atomic E-state index is 6.23. The fourth-order valence-electron chi connectivity index (χ4n) is 1.58. The standard InChI is InChI=1S/C13H20ClN/c1-10(2)9-11-5-7-12(8-6-11)13(14)15(3)4/h5-8,10,13H,9H2,1-4H3. The zero-order valence-corrected chi connectivity index (χ0v) is 10.8. The van der Waals surface area contributed by atoms with Gasteiger partial charge in [0.05, 0.1) is 0 Å². The zero-order valence-electron chi connectivity index (χ0n) is 10.00. The van der Waals surface area contributed by atoms with Crippen molar-refractivity contribution in [1.82, 2.24) is 4.90 Å². The molecule has 1 nitrogen and oxygen atoms in total. The van der Waals surface area contributed by atoms with E-state index in [2.05, 4.69) is 38.1 Å². The average Bonchev–Trinajstić information content (AvgIpc) is 2.17. The van der Waals surface area contributed by atoms with Gasteiger partial charge in [-0.05, 0) is 37.6 Å². The molecule has 1 unspecified atom stereocenters. The molecule has 0 amide bonds. The zero-order chi connectivity index (χ0) is 11.4. The first kappa shape index (κ1) is 12.5. The third kappa shape index (κ3) is 3.84. The quantitative estimate of drug-likeness (QED) is 0.558. The fraction of sp³-hybridized carbons (Fsp3) is 0.538. The molecule has 1 aromatic rings. The van der Waals surface area contributed by atoms with Crippen molar-refractivity contribution in [1.29, 1.82) is 0 Å². The Morgan fingerprint density at radius 2 is 1.67 bits per heavy atom. The molecule has 0 aliphatic heterocycles. The Hall–Kier alpha value is -0.530. The van der Waals surface area contributed by atoms with Crippen molar-refractivity contribution in [3.8, 4) is 0 Å². The summed E-state index contributed by atoms with van der Waals surface area (Å²) in [4.78, 5) is 2.00. The molecule has 0 radical (unpaired) electrons. The first-order valence-corrected chi connectivity index (χ1v) is 5.83. The fourth-order valence-corrected chi connectivity index (χ4v) is 1.73. The van der Waals surface area contributed by atoms with Crippen molar-refractivity contribution in [3.63, 3.8) is 0 Å². The lowest BCUT2D eigenvalue weighted by molar-refractivity contribution is 0.384. The third-order valence-electron chi connectivity index (χ3n) is 2.35. The molecule has 0 fully saturated rings. The molecular formula is C13H20ClN. The molecule has 0 aliphatic carbocycles. The van der Waals surface area contributed by atoms with Crippen LogP contribution < -0.4 is 0 Å². The van der Waals surface area contributed by atoms with E-state index in [4.69, 9.17) is 11.6 Å². The van der Waals surface area contributed by atoms with Gasteiger partial charge in [-0.15, -0.1) is 11.6 Å². The van der Waals surface area contributed by atoms with Crippen molar-refractivity contribution in [2.24, 2.45) is 5.92 Å². The number of nitrogens with zero attached hydrogens (tertiary/aromatic N) is 1. The summed E-state index contributed by atoms with van der Waals surface area (Å²) < 4.78 is 0. The molecule has 84 valence electrons. The molecule has 1 rings (SSSR count). The van der Waals surface area contributed by atoms with Crippen molar-refractivity contribution in [3.05, 3.63) is 35.4 Å². The Labute approximate surface area is 98.0 Å². The molecule has 2 heteroatoms. The van der Waals surface area contributed by atoms with Gasteiger partial charge in [0.2, 0.25) is 0 Å². The van der Waals surface area contributed by atoms with Crippen LogP contribution in [-0.4, -0.2) is 19.0 Å². The molecule has 0 heterocycles. The molecule has 1 atom stereocenters. The highest BCUT2D eigenvalue weighted by Crippen LogP contribution is 2.22. The van der Waals surface area contributed by atoms with E-state index in [0.29, 0.717) is 5.92 Å². The van der Waals surface area contributed by atoms with Gasteiger partial charge in [-0.25, -0.2) is 0 Å². The van der Waals surface area contributed by atoms with Gasteiger partial charge in [0.1, 0.15) is 5.50 Å². The highest BCUT2D eigenvalue weighted by molar-refractivity contribution is 6.20. The molecule has 0 bridgehead atoms. The summed E-state index contributed by atoms with van der Waals surface area (Å²) >= 11 is 6.23. The van der Waals surface area contributed by atoms with Crippen LogP contribution in [0.3, 0.4) is 0 Å². The van der Waals surface area contributed by atoms with Gasteiger partial charge in [-0.3, -0.25) is 4.90 Å². The van der Waals surface area contributed by atoms with Crippen LogP contribution in [0.15, 0.2) is 24.3 Å². The van der Waals surface area contributed by atoms with Gasteiger partial charge in [0.15, 0.2) is 0 Å². The molecule has 0 aromatic heterocycles. The average molecular weight is 226 g/mol. The smallest absolute Gasteiger partial charge is 0.110 e. The summed E-state index contributed by atoms with van der Waals surface area (Å²) in [5, 5.41) is 0. The van der Waals surface area contributed by atoms with Crippen LogP contribution in [0.25, 0.3) is 0 Å². The van der Waals surface area contributed by atoms with E-state index in [0.717, 1.165) is 12.0 Å². The van der Waals surface area contributed by atoms with Gasteiger partial charge < -0.3 is 0 Å². The molecule has 0 saturated carbocycles. The molecule has 0 saturated heterocycles. The highest BCUT2D eigenvalue weighted by Gasteiger charge is 2.09. The van der Waals surface area contributed by atoms with E-state index in [-0.39, 0.29) is 5.50 Å². The topological polar surface area (TPSA) is 3.24 Å². The van der Waals surface area contributed by atoms with Gasteiger partial charge in [0.25, 0.3) is 0 Å². The second-order valence-electron chi connectivity index (χ2n) is 4.64. The molecule has 0 aliphatic rings. The van der Waals surface area contributed by atoms with E-state index in [1.165, 1.54) is 5.56 Å². The SMILES string of the molecule is CC(C)Cc1ccc(C(Cl)N(C)C)cc1. The Kier molecular flexibility index (Phi) is 4.62. The number of benzene rings is 1. The third-order valence-corrected chi connectivity index (χ3v) is 2.99. The van der Waals surface area contributed by atoms with Crippen LogP contribution in [0.4, 0.5) is 0 Å². The number of rotatable bonds is 4. The molecule has 0 N–H and O–H groups in total. The summed E-state index contributed by atoms with van der Waals surface area (Å²) in [6, 6.07) is 8.59. The normalized spacial score (nSPS) is 13.5. The predicted octanol–water partition coefficient (Wildman–Crippen LogP) is 3.68. The largest absolute Gasteiger partial charge is 0.290 e. The summed E-state index contributed by atoms with van der Waals surface area (Å²) in [5.74, 6) is 0.705. The van der Waals surface area contributed by atoms with Gasteiger partial charge >= 0.3 is 0 Å². The minimum Gasteiger partial charge on any atom is -0.290 e. The maximum atomic E-state index is 6.23. The number of hydrogen-bond donors (Lipinski definition) is 0. The van der Waals surface area contributed by atoms with Crippen LogP contribution in [0.1, 0.15) is 30.5 Å². The Bertz CT molecular complexity index is 290.